The molecule has 3 rings (SSSR count). The minimum atomic E-state index is -0.179. The number of halogens is 1. The molecule has 31 heavy (non-hydrogen) atoms. The first-order chi connectivity index (χ1) is 14.8. The van der Waals surface area contributed by atoms with E-state index in [1.807, 2.05) is 61.5 Å². The summed E-state index contributed by atoms with van der Waals surface area (Å²) in [7, 11) is 0. The summed E-state index contributed by atoms with van der Waals surface area (Å²) >= 11 is 3.40. The second-order valence-corrected chi connectivity index (χ2v) is 9.17. The van der Waals surface area contributed by atoms with E-state index in [-0.39, 0.29) is 11.3 Å². The number of anilines is 1. The average Bonchev–Trinajstić information content (AvgIpc) is 2.74. The molecule has 3 aromatic carbocycles. The number of amides is 1. The van der Waals surface area contributed by atoms with E-state index in [1.165, 1.54) is 0 Å². The fraction of sp³-hybridized carbons (Fsp3) is 0.269. The molecule has 1 amide bonds. The highest BCUT2D eigenvalue weighted by atomic mass is 79.9. The molecule has 0 atom stereocenters. The van der Waals surface area contributed by atoms with Crippen LogP contribution in [0.4, 0.5) is 5.69 Å². The van der Waals surface area contributed by atoms with E-state index in [9.17, 15) is 4.79 Å². The van der Waals surface area contributed by atoms with Crippen molar-refractivity contribution in [2.75, 3.05) is 11.9 Å². The van der Waals surface area contributed by atoms with Crippen LogP contribution in [0.3, 0.4) is 0 Å². The predicted molar refractivity (Wildman–Crippen MR) is 129 cm³/mol. The van der Waals surface area contributed by atoms with Gasteiger partial charge in [0.2, 0.25) is 0 Å². The fourth-order valence-corrected chi connectivity index (χ4v) is 3.50. The molecule has 0 radical (unpaired) electrons. The summed E-state index contributed by atoms with van der Waals surface area (Å²) in [6.45, 7) is 9.27. The van der Waals surface area contributed by atoms with Gasteiger partial charge in [-0.1, -0.05) is 54.9 Å². The maximum Gasteiger partial charge on any atom is 0.255 e. The normalized spacial score (nSPS) is 11.1. The van der Waals surface area contributed by atoms with Crippen molar-refractivity contribution < 1.29 is 14.3 Å². The lowest BCUT2D eigenvalue weighted by atomic mass is 9.86. The number of carbonyl (C=O) groups is 1. The molecule has 0 unspecified atom stereocenters. The molecule has 0 saturated carbocycles. The molecule has 3 aromatic rings. The van der Waals surface area contributed by atoms with Crippen molar-refractivity contribution in [2.24, 2.45) is 0 Å². The highest BCUT2D eigenvalue weighted by Gasteiger charge is 2.19. The van der Waals surface area contributed by atoms with Gasteiger partial charge in [0, 0.05) is 21.3 Å². The molecule has 0 heterocycles. The Kier molecular flexibility index (Phi) is 7.39. The topological polar surface area (TPSA) is 47.6 Å². The third-order valence-electron chi connectivity index (χ3n) is 4.80. The maximum absolute atomic E-state index is 12.8. The van der Waals surface area contributed by atoms with Gasteiger partial charge in [-0.3, -0.25) is 4.79 Å². The van der Waals surface area contributed by atoms with Gasteiger partial charge in [-0.05, 0) is 66.4 Å². The molecule has 0 aliphatic rings. The lowest BCUT2D eigenvalue weighted by molar-refractivity contribution is 0.102. The van der Waals surface area contributed by atoms with E-state index in [4.69, 9.17) is 9.47 Å². The summed E-state index contributed by atoms with van der Waals surface area (Å²) in [5, 5.41) is 2.93. The third kappa shape index (κ3) is 6.11. The molecule has 4 nitrogen and oxygen atoms in total. The average molecular weight is 482 g/mol. The van der Waals surface area contributed by atoms with Crippen molar-refractivity contribution >= 4 is 27.5 Å². The van der Waals surface area contributed by atoms with E-state index < -0.39 is 0 Å². The molecule has 162 valence electrons. The minimum Gasteiger partial charge on any atom is -0.493 e. The number of ether oxygens (including phenoxy) is 2. The van der Waals surface area contributed by atoms with Crippen molar-refractivity contribution in [1.29, 1.82) is 0 Å². The van der Waals surface area contributed by atoms with Gasteiger partial charge >= 0.3 is 0 Å². The molecule has 0 aliphatic heterocycles. The molecule has 0 aromatic heterocycles. The van der Waals surface area contributed by atoms with Crippen LogP contribution in [0.15, 0.2) is 71.2 Å². The maximum atomic E-state index is 12.8. The van der Waals surface area contributed by atoms with Crippen LogP contribution < -0.4 is 14.8 Å². The van der Waals surface area contributed by atoms with E-state index in [2.05, 4.69) is 48.1 Å². The lowest BCUT2D eigenvalue weighted by Gasteiger charge is -2.23. The van der Waals surface area contributed by atoms with Crippen LogP contribution in [0.25, 0.3) is 0 Å². The second-order valence-electron chi connectivity index (χ2n) is 8.25. The minimum absolute atomic E-state index is 0.0360. The summed E-state index contributed by atoms with van der Waals surface area (Å²) in [6, 6.07) is 21.0. The number of para-hydroxylation sites is 1. The van der Waals surface area contributed by atoms with Gasteiger partial charge in [0.05, 0.1) is 6.61 Å². The van der Waals surface area contributed by atoms with Crippen LogP contribution >= 0.6 is 15.9 Å². The van der Waals surface area contributed by atoms with E-state index in [0.717, 1.165) is 32.8 Å². The smallest absolute Gasteiger partial charge is 0.255 e. The zero-order chi connectivity index (χ0) is 22.4. The highest BCUT2D eigenvalue weighted by Crippen LogP contribution is 2.32. The van der Waals surface area contributed by atoms with Gasteiger partial charge in [-0.15, -0.1) is 0 Å². The lowest BCUT2D eigenvalue weighted by Crippen LogP contribution is -2.14. The van der Waals surface area contributed by atoms with E-state index >= 15 is 0 Å². The van der Waals surface area contributed by atoms with Gasteiger partial charge in [0.15, 0.2) is 0 Å². The summed E-state index contributed by atoms with van der Waals surface area (Å²) in [5.74, 6) is 1.37. The van der Waals surface area contributed by atoms with Crippen LogP contribution in [0.1, 0.15) is 49.2 Å². The van der Waals surface area contributed by atoms with Crippen molar-refractivity contribution in [3.05, 3.63) is 87.9 Å². The Balaban J connectivity index is 1.82. The Morgan fingerprint density at radius 2 is 1.65 bits per heavy atom. The Morgan fingerprint density at radius 3 is 2.32 bits per heavy atom. The molecule has 0 spiro atoms. The quantitative estimate of drug-likeness (QED) is 0.395. The monoisotopic (exact) mass is 481 g/mol. The highest BCUT2D eigenvalue weighted by molar-refractivity contribution is 9.10. The molecule has 1 N–H and O–H groups in total. The van der Waals surface area contributed by atoms with Crippen LogP contribution in [0.2, 0.25) is 0 Å². The van der Waals surface area contributed by atoms with Gasteiger partial charge in [0.1, 0.15) is 18.1 Å². The molecule has 0 saturated heterocycles. The molecule has 5 heteroatoms. The standard InChI is InChI=1S/C26H28BrNO3/c1-5-30-23-15-10-18(25(29)28-21-13-11-20(27)12-14-21)16-19(23)17-31-24-9-7-6-8-22(24)26(2,3)4/h6-16H,5,17H2,1-4H3,(H,28,29). The number of rotatable bonds is 7. The summed E-state index contributed by atoms with van der Waals surface area (Å²) in [6.07, 6.45) is 0. The van der Waals surface area contributed by atoms with Crippen LogP contribution in [0, 0.1) is 0 Å². The molecule has 0 fully saturated rings. The SMILES string of the molecule is CCOc1ccc(C(=O)Nc2ccc(Br)cc2)cc1COc1ccccc1C(C)(C)C. The molecule has 0 aliphatic carbocycles. The Bertz CT molecular complexity index is 1040. The summed E-state index contributed by atoms with van der Waals surface area (Å²) in [5.41, 5.74) is 3.21. The van der Waals surface area contributed by atoms with Crippen molar-refractivity contribution in [1.82, 2.24) is 0 Å². The van der Waals surface area contributed by atoms with Crippen LogP contribution in [-0.2, 0) is 12.0 Å². The zero-order valence-electron chi connectivity index (χ0n) is 18.4. The van der Waals surface area contributed by atoms with Crippen molar-refractivity contribution in [2.45, 2.75) is 39.7 Å². The van der Waals surface area contributed by atoms with Crippen LogP contribution in [0.5, 0.6) is 11.5 Å². The largest absolute Gasteiger partial charge is 0.493 e. The van der Waals surface area contributed by atoms with Gasteiger partial charge in [-0.2, -0.15) is 0 Å². The first kappa shape index (κ1) is 22.9. The summed E-state index contributed by atoms with van der Waals surface area (Å²) in [4.78, 5) is 12.8. The van der Waals surface area contributed by atoms with E-state index in [0.29, 0.717) is 18.8 Å². The van der Waals surface area contributed by atoms with Gasteiger partial charge in [-0.25, -0.2) is 0 Å². The van der Waals surface area contributed by atoms with Gasteiger partial charge in [0.25, 0.3) is 5.91 Å². The fourth-order valence-electron chi connectivity index (χ4n) is 3.23. The number of carbonyl (C=O) groups excluding carboxylic acids is 1. The van der Waals surface area contributed by atoms with Crippen molar-refractivity contribution in [3.63, 3.8) is 0 Å². The molecular weight excluding hydrogens is 454 g/mol. The molecule has 0 bridgehead atoms. The predicted octanol–water partition coefficient (Wildman–Crippen LogP) is 6.98. The Hall–Kier alpha value is -2.79. The van der Waals surface area contributed by atoms with Crippen LogP contribution in [-0.4, -0.2) is 12.5 Å². The second kappa shape index (κ2) is 10.0. The third-order valence-corrected chi connectivity index (χ3v) is 5.33. The number of hydrogen-bond acceptors (Lipinski definition) is 3. The first-order valence-electron chi connectivity index (χ1n) is 10.3. The number of benzene rings is 3. The van der Waals surface area contributed by atoms with Crippen molar-refractivity contribution in [3.8, 4) is 11.5 Å². The zero-order valence-corrected chi connectivity index (χ0v) is 20.0. The first-order valence-corrected chi connectivity index (χ1v) is 11.1. The summed E-state index contributed by atoms with van der Waals surface area (Å²) < 4.78 is 12.9. The number of nitrogens with one attached hydrogen (secondary N) is 1. The van der Waals surface area contributed by atoms with E-state index in [1.54, 1.807) is 6.07 Å². The Labute approximate surface area is 192 Å². The van der Waals surface area contributed by atoms with Gasteiger partial charge < -0.3 is 14.8 Å². The Morgan fingerprint density at radius 1 is 0.935 bits per heavy atom. The molecular formula is C26H28BrNO3. The number of hydrogen-bond donors (Lipinski definition) is 1.